The zero-order valence-corrected chi connectivity index (χ0v) is 14.4. The summed E-state index contributed by atoms with van der Waals surface area (Å²) in [4.78, 5) is 1.34. The summed E-state index contributed by atoms with van der Waals surface area (Å²) in [5, 5.41) is 12.8. The first-order valence-electron chi connectivity index (χ1n) is 6.02. The van der Waals surface area contributed by atoms with Crippen LogP contribution in [0, 0.1) is 11.6 Å². The van der Waals surface area contributed by atoms with Gasteiger partial charge in [-0.15, -0.1) is 24.8 Å². The molecule has 0 radical (unpaired) electrons. The molecule has 0 amide bonds. The number of benzene rings is 1. The van der Waals surface area contributed by atoms with E-state index in [0.717, 1.165) is 0 Å². The van der Waals surface area contributed by atoms with Gasteiger partial charge >= 0.3 is 0 Å². The average molecular weight is 430 g/mol. The molecule has 2 N–H and O–H groups in total. The number of alkyl halides is 2. The van der Waals surface area contributed by atoms with Crippen molar-refractivity contribution in [2.45, 2.75) is 12.5 Å². The standard InChI is InChI=1S/C12H13BrF4N2O.2ClH/c13-6-5-7(14)9(15)8(11(6)20)10(12(16)17)19-3-1-18-2-4-19;;/h5,10,12,18,20H,1-4H2;2*1H/t10-;;/m0../s1. The third-order valence-corrected chi connectivity index (χ3v) is 3.86. The summed E-state index contributed by atoms with van der Waals surface area (Å²) in [5.41, 5.74) is -0.700. The molecule has 1 fully saturated rings. The molecule has 2 rings (SSSR count). The molecular formula is C12H15BrCl2F4N2O. The fraction of sp³-hybridized carbons (Fsp3) is 0.500. The fourth-order valence-electron chi connectivity index (χ4n) is 2.30. The van der Waals surface area contributed by atoms with Crippen LogP contribution in [0.2, 0.25) is 0 Å². The lowest BCUT2D eigenvalue weighted by Crippen LogP contribution is -2.47. The topological polar surface area (TPSA) is 35.5 Å². The summed E-state index contributed by atoms with van der Waals surface area (Å²) >= 11 is 2.84. The van der Waals surface area contributed by atoms with Crippen molar-refractivity contribution in [2.75, 3.05) is 26.2 Å². The van der Waals surface area contributed by atoms with E-state index in [0.29, 0.717) is 19.2 Å². The minimum Gasteiger partial charge on any atom is -0.506 e. The van der Waals surface area contributed by atoms with E-state index in [4.69, 9.17) is 0 Å². The maximum Gasteiger partial charge on any atom is 0.258 e. The van der Waals surface area contributed by atoms with Crippen LogP contribution in [-0.4, -0.2) is 42.6 Å². The molecule has 0 spiro atoms. The highest BCUT2D eigenvalue weighted by atomic mass is 79.9. The van der Waals surface area contributed by atoms with Gasteiger partial charge in [0.05, 0.1) is 10.0 Å². The Kier molecular flexibility index (Phi) is 9.01. The maximum atomic E-state index is 13.9. The predicted octanol–water partition coefficient (Wildman–Crippen LogP) is 3.49. The van der Waals surface area contributed by atoms with E-state index < -0.39 is 35.4 Å². The van der Waals surface area contributed by atoms with Crippen LogP contribution >= 0.6 is 40.7 Å². The van der Waals surface area contributed by atoms with Crippen molar-refractivity contribution in [1.82, 2.24) is 10.2 Å². The normalized spacial score (nSPS) is 16.8. The average Bonchev–Trinajstić information content (AvgIpc) is 2.42. The van der Waals surface area contributed by atoms with Gasteiger partial charge in [0, 0.05) is 26.2 Å². The van der Waals surface area contributed by atoms with Crippen LogP contribution in [-0.2, 0) is 0 Å². The zero-order valence-electron chi connectivity index (χ0n) is 11.2. The summed E-state index contributed by atoms with van der Waals surface area (Å²) in [6.45, 7) is 1.48. The molecule has 1 aliphatic heterocycles. The van der Waals surface area contributed by atoms with E-state index in [-0.39, 0.29) is 42.4 Å². The predicted molar refractivity (Wildman–Crippen MR) is 83.4 cm³/mol. The molecule has 0 unspecified atom stereocenters. The lowest BCUT2D eigenvalue weighted by atomic mass is 10.0. The Morgan fingerprint density at radius 1 is 1.18 bits per heavy atom. The lowest BCUT2D eigenvalue weighted by molar-refractivity contribution is 0.0148. The minimum absolute atomic E-state index is 0. The second kappa shape index (κ2) is 9.12. The van der Waals surface area contributed by atoms with Crippen molar-refractivity contribution in [3.05, 3.63) is 27.7 Å². The second-order valence-corrected chi connectivity index (χ2v) is 5.34. The summed E-state index contributed by atoms with van der Waals surface area (Å²) in [6, 6.07) is -0.960. The Morgan fingerprint density at radius 2 is 1.73 bits per heavy atom. The molecule has 10 heteroatoms. The number of nitrogens with zero attached hydrogens (tertiary/aromatic N) is 1. The first-order chi connectivity index (χ1) is 9.43. The number of hydrogen-bond acceptors (Lipinski definition) is 3. The Bertz CT molecular complexity index is 478. The quantitative estimate of drug-likeness (QED) is 0.570. The molecule has 0 saturated carbocycles. The van der Waals surface area contributed by atoms with Crippen molar-refractivity contribution >= 4 is 40.7 Å². The monoisotopic (exact) mass is 428 g/mol. The molecule has 1 heterocycles. The molecular weight excluding hydrogens is 415 g/mol. The van der Waals surface area contributed by atoms with Crippen LogP contribution in [0.1, 0.15) is 11.6 Å². The highest BCUT2D eigenvalue weighted by Gasteiger charge is 2.36. The summed E-state index contributed by atoms with van der Waals surface area (Å²) in [6.07, 6.45) is -2.94. The molecule has 3 nitrogen and oxygen atoms in total. The van der Waals surface area contributed by atoms with E-state index >= 15 is 0 Å². The van der Waals surface area contributed by atoms with E-state index in [1.165, 1.54) is 4.90 Å². The summed E-state index contributed by atoms with van der Waals surface area (Å²) < 4.78 is 53.8. The van der Waals surface area contributed by atoms with Crippen molar-refractivity contribution in [1.29, 1.82) is 0 Å². The van der Waals surface area contributed by atoms with Crippen LogP contribution in [0.3, 0.4) is 0 Å². The Balaban J connectivity index is 0.00000220. The molecule has 1 saturated heterocycles. The summed E-state index contributed by atoms with van der Waals surface area (Å²) in [7, 11) is 0. The van der Waals surface area contributed by atoms with Crippen LogP contribution < -0.4 is 5.32 Å². The first kappa shape index (κ1) is 21.7. The van der Waals surface area contributed by atoms with E-state index in [1.807, 2.05) is 0 Å². The Labute approximate surface area is 146 Å². The van der Waals surface area contributed by atoms with Gasteiger partial charge in [0.25, 0.3) is 6.43 Å². The molecule has 1 aromatic carbocycles. The van der Waals surface area contributed by atoms with Crippen molar-refractivity contribution in [2.24, 2.45) is 0 Å². The first-order valence-corrected chi connectivity index (χ1v) is 6.82. The highest BCUT2D eigenvalue weighted by molar-refractivity contribution is 9.10. The number of phenolic OH excluding ortho intramolecular Hbond substituents is 1. The van der Waals surface area contributed by atoms with E-state index in [9.17, 15) is 22.7 Å². The molecule has 0 bridgehead atoms. The Morgan fingerprint density at radius 3 is 2.23 bits per heavy atom. The smallest absolute Gasteiger partial charge is 0.258 e. The van der Waals surface area contributed by atoms with Gasteiger partial charge in [-0.05, 0) is 22.0 Å². The number of rotatable bonds is 3. The van der Waals surface area contributed by atoms with Gasteiger partial charge in [-0.3, -0.25) is 4.90 Å². The molecule has 0 aromatic heterocycles. The third-order valence-electron chi connectivity index (χ3n) is 3.26. The van der Waals surface area contributed by atoms with Crippen molar-refractivity contribution in [3.8, 4) is 5.75 Å². The van der Waals surface area contributed by atoms with Gasteiger partial charge in [0.1, 0.15) is 11.8 Å². The van der Waals surface area contributed by atoms with Crippen LogP contribution in [0.4, 0.5) is 17.6 Å². The van der Waals surface area contributed by atoms with Crippen molar-refractivity contribution < 1.29 is 22.7 Å². The van der Waals surface area contributed by atoms with Crippen LogP contribution in [0.5, 0.6) is 5.75 Å². The van der Waals surface area contributed by atoms with Gasteiger partial charge in [-0.25, -0.2) is 17.6 Å². The van der Waals surface area contributed by atoms with Crippen LogP contribution in [0.25, 0.3) is 0 Å². The van der Waals surface area contributed by atoms with Gasteiger partial charge in [-0.1, -0.05) is 0 Å². The molecule has 0 aliphatic carbocycles. The SMILES string of the molecule is Cl.Cl.Oc1c(Br)cc(F)c(F)c1[C@@H](C(F)F)N1CCNCC1. The van der Waals surface area contributed by atoms with E-state index in [2.05, 4.69) is 21.2 Å². The number of phenols is 1. The minimum atomic E-state index is -2.94. The zero-order chi connectivity index (χ0) is 14.9. The number of hydrogen-bond donors (Lipinski definition) is 2. The molecule has 128 valence electrons. The van der Waals surface area contributed by atoms with Crippen LogP contribution in [0.15, 0.2) is 10.5 Å². The number of halogens is 7. The Hall–Kier alpha value is -0.280. The molecule has 1 aliphatic rings. The molecule has 1 atom stereocenters. The number of nitrogens with one attached hydrogen (secondary N) is 1. The molecule has 1 aromatic rings. The largest absolute Gasteiger partial charge is 0.506 e. The highest BCUT2D eigenvalue weighted by Crippen LogP contribution is 2.40. The van der Waals surface area contributed by atoms with Crippen molar-refractivity contribution in [3.63, 3.8) is 0 Å². The number of piperazine rings is 1. The van der Waals surface area contributed by atoms with Gasteiger partial charge in [0.15, 0.2) is 11.6 Å². The maximum absolute atomic E-state index is 13.9. The lowest BCUT2D eigenvalue weighted by Gasteiger charge is -2.35. The molecule has 22 heavy (non-hydrogen) atoms. The van der Waals surface area contributed by atoms with Gasteiger partial charge in [0.2, 0.25) is 0 Å². The fourth-order valence-corrected chi connectivity index (χ4v) is 2.72. The summed E-state index contributed by atoms with van der Waals surface area (Å²) in [5.74, 6) is -3.40. The van der Waals surface area contributed by atoms with Gasteiger partial charge in [-0.2, -0.15) is 0 Å². The third kappa shape index (κ3) is 4.38. The second-order valence-electron chi connectivity index (χ2n) is 4.48. The van der Waals surface area contributed by atoms with Gasteiger partial charge < -0.3 is 10.4 Å². The van der Waals surface area contributed by atoms with E-state index in [1.54, 1.807) is 0 Å². The number of aromatic hydroxyl groups is 1.